The van der Waals surface area contributed by atoms with Crippen molar-refractivity contribution in [3.05, 3.63) is 69.0 Å². The van der Waals surface area contributed by atoms with Gasteiger partial charge in [-0.05, 0) is 30.0 Å². The molecular weight excluding hydrogens is 414 g/mol. The van der Waals surface area contributed by atoms with E-state index in [1.165, 1.54) is 16.4 Å². The fourth-order valence-electron chi connectivity index (χ4n) is 2.95. The number of sulfonamides is 1. The number of non-ortho nitro benzene ring substituents is 1. The van der Waals surface area contributed by atoms with Gasteiger partial charge in [-0.1, -0.05) is 49.9 Å². The highest BCUT2D eigenvalue weighted by molar-refractivity contribution is 7.89. The molecule has 9 heteroatoms. The van der Waals surface area contributed by atoms with E-state index in [-0.39, 0.29) is 29.6 Å². The van der Waals surface area contributed by atoms with Gasteiger partial charge in [0.2, 0.25) is 10.0 Å². The Hall–Kier alpha value is -2.03. The second kappa shape index (κ2) is 11.2. The van der Waals surface area contributed by atoms with Gasteiger partial charge in [0.1, 0.15) is 0 Å². The summed E-state index contributed by atoms with van der Waals surface area (Å²) in [5.41, 5.74) is 1.39. The Kier molecular flexibility index (Phi) is 9.00. The largest absolute Gasteiger partial charge is 0.270 e. The van der Waals surface area contributed by atoms with E-state index < -0.39 is 14.9 Å². The number of nitrogens with zero attached hydrogens (tertiary/aromatic N) is 3. The molecule has 0 amide bonds. The summed E-state index contributed by atoms with van der Waals surface area (Å²) in [4.78, 5) is 14.4. The molecule has 0 radical (unpaired) electrons. The minimum absolute atomic E-state index is 0.0884. The summed E-state index contributed by atoms with van der Waals surface area (Å²) < 4.78 is 27.3. The summed E-state index contributed by atoms with van der Waals surface area (Å²) in [7, 11) is -3.45. The van der Waals surface area contributed by atoms with E-state index in [4.69, 9.17) is 11.6 Å². The number of unbranched alkanes of at least 4 members (excludes halogenated alkanes) is 3. The lowest BCUT2D eigenvalue weighted by Crippen LogP contribution is -2.34. The van der Waals surface area contributed by atoms with E-state index in [0.29, 0.717) is 18.4 Å². The normalized spacial score (nSPS) is 11.7. The Labute approximate surface area is 176 Å². The van der Waals surface area contributed by atoms with Crippen LogP contribution in [-0.2, 0) is 23.0 Å². The van der Waals surface area contributed by atoms with E-state index >= 15 is 0 Å². The number of nitro benzene ring substituents is 1. The molecule has 29 heavy (non-hydrogen) atoms. The van der Waals surface area contributed by atoms with E-state index in [1.807, 2.05) is 6.07 Å². The van der Waals surface area contributed by atoms with E-state index in [9.17, 15) is 18.5 Å². The van der Waals surface area contributed by atoms with Crippen LogP contribution >= 0.6 is 11.6 Å². The fourth-order valence-corrected chi connectivity index (χ4v) is 4.76. The monoisotopic (exact) mass is 439 g/mol. The van der Waals surface area contributed by atoms with Crippen molar-refractivity contribution in [1.82, 2.24) is 9.29 Å². The van der Waals surface area contributed by atoms with Crippen LogP contribution in [0.25, 0.3) is 0 Å². The van der Waals surface area contributed by atoms with Gasteiger partial charge in [-0.25, -0.2) is 8.42 Å². The first kappa shape index (κ1) is 23.3. The third-order valence-corrected chi connectivity index (χ3v) is 6.86. The standard InChI is InChI=1S/C20H26ClN3O4S/c1-2-3-4-5-13-29(27,28)23(16-17-7-6-11-22-15-17)12-10-18-8-9-19(24(25)26)14-20(18)21/h6-9,11,14-15H,2-5,10,12-13,16H2,1H3. The van der Waals surface area contributed by atoms with Gasteiger partial charge in [0.15, 0.2) is 0 Å². The number of hydrogen-bond acceptors (Lipinski definition) is 5. The average molecular weight is 440 g/mol. The molecule has 1 aromatic heterocycles. The molecule has 0 aliphatic rings. The molecule has 0 aliphatic carbocycles. The van der Waals surface area contributed by atoms with Gasteiger partial charge in [-0.2, -0.15) is 4.31 Å². The average Bonchev–Trinajstić information content (AvgIpc) is 2.69. The van der Waals surface area contributed by atoms with Crippen LogP contribution in [0.2, 0.25) is 5.02 Å². The zero-order valence-corrected chi connectivity index (χ0v) is 18.0. The lowest BCUT2D eigenvalue weighted by molar-refractivity contribution is -0.384. The molecule has 1 heterocycles. The summed E-state index contributed by atoms with van der Waals surface area (Å²) in [6.07, 6.45) is 7.21. The highest BCUT2D eigenvalue weighted by atomic mass is 35.5. The first-order valence-electron chi connectivity index (χ1n) is 9.63. The van der Waals surface area contributed by atoms with Crippen molar-refractivity contribution in [2.75, 3.05) is 12.3 Å². The molecule has 2 rings (SSSR count). The van der Waals surface area contributed by atoms with Gasteiger partial charge >= 0.3 is 0 Å². The van der Waals surface area contributed by atoms with Crippen LogP contribution in [0.4, 0.5) is 5.69 Å². The van der Waals surface area contributed by atoms with Gasteiger partial charge in [0.25, 0.3) is 5.69 Å². The summed E-state index contributed by atoms with van der Waals surface area (Å²) in [6, 6.07) is 7.87. The Morgan fingerprint density at radius 1 is 1.21 bits per heavy atom. The number of nitro groups is 1. The quantitative estimate of drug-likeness (QED) is 0.273. The highest BCUT2D eigenvalue weighted by Gasteiger charge is 2.22. The number of aromatic nitrogens is 1. The number of rotatable bonds is 12. The number of benzene rings is 1. The molecule has 2 aromatic rings. The molecule has 0 N–H and O–H groups in total. The molecule has 158 valence electrons. The predicted octanol–water partition coefficient (Wildman–Crippen LogP) is 4.60. The molecule has 7 nitrogen and oxygen atoms in total. The van der Waals surface area contributed by atoms with Crippen molar-refractivity contribution in [3.8, 4) is 0 Å². The van der Waals surface area contributed by atoms with Crippen molar-refractivity contribution in [2.45, 2.75) is 45.6 Å². The van der Waals surface area contributed by atoms with Crippen LogP contribution in [0.1, 0.15) is 43.7 Å². The first-order chi connectivity index (χ1) is 13.8. The molecular formula is C20H26ClN3O4S. The van der Waals surface area contributed by atoms with Crippen LogP contribution in [0.3, 0.4) is 0 Å². The third-order valence-electron chi connectivity index (χ3n) is 4.61. The minimum atomic E-state index is -3.45. The SMILES string of the molecule is CCCCCCS(=O)(=O)N(CCc1ccc([N+](=O)[O-])cc1Cl)Cc1cccnc1. The summed E-state index contributed by atoms with van der Waals surface area (Å²) in [5.74, 6) is 0.0985. The predicted molar refractivity (Wildman–Crippen MR) is 114 cm³/mol. The minimum Gasteiger partial charge on any atom is -0.264 e. The third kappa shape index (κ3) is 7.38. The fraction of sp³-hybridized carbons (Fsp3) is 0.450. The summed E-state index contributed by atoms with van der Waals surface area (Å²) in [6.45, 7) is 2.55. The first-order valence-corrected chi connectivity index (χ1v) is 11.6. The molecule has 1 aromatic carbocycles. The Morgan fingerprint density at radius 2 is 2.00 bits per heavy atom. The van der Waals surface area contributed by atoms with Crippen LogP contribution in [0.5, 0.6) is 0 Å². The van der Waals surface area contributed by atoms with Crippen LogP contribution in [0.15, 0.2) is 42.7 Å². The Balaban J connectivity index is 2.13. The second-order valence-electron chi connectivity index (χ2n) is 6.85. The lowest BCUT2D eigenvalue weighted by atomic mass is 10.1. The van der Waals surface area contributed by atoms with E-state index in [2.05, 4.69) is 11.9 Å². The number of hydrogen-bond donors (Lipinski definition) is 0. The van der Waals surface area contributed by atoms with Crippen molar-refractivity contribution < 1.29 is 13.3 Å². The van der Waals surface area contributed by atoms with Crippen LogP contribution in [-0.4, -0.2) is 34.9 Å². The van der Waals surface area contributed by atoms with Crippen molar-refractivity contribution >= 4 is 27.3 Å². The van der Waals surface area contributed by atoms with Crippen molar-refractivity contribution in [2.24, 2.45) is 0 Å². The van der Waals surface area contributed by atoms with Crippen molar-refractivity contribution in [1.29, 1.82) is 0 Å². The van der Waals surface area contributed by atoms with Gasteiger partial charge < -0.3 is 0 Å². The molecule has 0 atom stereocenters. The smallest absolute Gasteiger partial charge is 0.264 e. The van der Waals surface area contributed by atoms with Gasteiger partial charge in [-0.3, -0.25) is 15.1 Å². The number of pyridine rings is 1. The molecule has 0 saturated carbocycles. The Bertz CT molecular complexity index is 907. The molecule has 0 bridgehead atoms. The topological polar surface area (TPSA) is 93.4 Å². The number of halogens is 1. The van der Waals surface area contributed by atoms with E-state index in [1.54, 1.807) is 24.5 Å². The van der Waals surface area contributed by atoms with Gasteiger partial charge in [0.05, 0.1) is 15.7 Å². The summed E-state index contributed by atoms with van der Waals surface area (Å²) in [5, 5.41) is 11.1. The zero-order chi connectivity index (χ0) is 21.3. The van der Waals surface area contributed by atoms with Crippen LogP contribution < -0.4 is 0 Å². The molecule has 0 unspecified atom stereocenters. The zero-order valence-electron chi connectivity index (χ0n) is 16.5. The maximum Gasteiger partial charge on any atom is 0.270 e. The molecule has 0 spiro atoms. The molecule has 0 fully saturated rings. The van der Waals surface area contributed by atoms with Crippen molar-refractivity contribution in [3.63, 3.8) is 0 Å². The maximum absolute atomic E-state index is 12.9. The highest BCUT2D eigenvalue weighted by Crippen LogP contribution is 2.24. The lowest BCUT2D eigenvalue weighted by Gasteiger charge is -2.22. The maximum atomic E-state index is 12.9. The summed E-state index contributed by atoms with van der Waals surface area (Å²) >= 11 is 6.17. The van der Waals surface area contributed by atoms with Crippen LogP contribution in [0, 0.1) is 10.1 Å². The second-order valence-corrected chi connectivity index (χ2v) is 9.35. The molecule has 0 saturated heterocycles. The Morgan fingerprint density at radius 3 is 2.62 bits per heavy atom. The van der Waals surface area contributed by atoms with E-state index in [0.717, 1.165) is 24.8 Å². The molecule has 0 aliphatic heterocycles. The van der Waals surface area contributed by atoms with Gasteiger partial charge in [-0.15, -0.1) is 0 Å². The van der Waals surface area contributed by atoms with Gasteiger partial charge in [0, 0.05) is 37.6 Å².